The van der Waals surface area contributed by atoms with Crippen LogP contribution < -0.4 is 0 Å². The first-order valence-electron chi connectivity index (χ1n) is 8.84. The van der Waals surface area contributed by atoms with Crippen LogP contribution in [0.4, 0.5) is 0 Å². The quantitative estimate of drug-likeness (QED) is 0.337. The van der Waals surface area contributed by atoms with Crippen molar-refractivity contribution in [3.05, 3.63) is 23.8 Å². The van der Waals surface area contributed by atoms with Gasteiger partial charge in [-0.15, -0.1) is 11.8 Å². The van der Waals surface area contributed by atoms with Crippen LogP contribution in [-0.4, -0.2) is 21.9 Å². The smallest absolute Gasteiger partial charge is 0.339 e. The van der Waals surface area contributed by atoms with Gasteiger partial charge in [0.25, 0.3) is 0 Å². The molecule has 0 aromatic heterocycles. The molecule has 0 bridgehead atoms. The van der Waals surface area contributed by atoms with Crippen molar-refractivity contribution in [3.63, 3.8) is 0 Å². The van der Waals surface area contributed by atoms with Gasteiger partial charge in [-0.3, -0.25) is 0 Å². The summed E-state index contributed by atoms with van der Waals surface area (Å²) in [6.45, 7) is 2.25. The van der Waals surface area contributed by atoms with Gasteiger partial charge in [-0.2, -0.15) is 0 Å². The molecule has 4 heteroatoms. The van der Waals surface area contributed by atoms with Gasteiger partial charge in [-0.25, -0.2) is 4.79 Å². The van der Waals surface area contributed by atoms with E-state index in [0.29, 0.717) is 0 Å². The van der Waals surface area contributed by atoms with Crippen molar-refractivity contribution >= 4 is 17.7 Å². The van der Waals surface area contributed by atoms with Crippen molar-refractivity contribution in [2.75, 3.05) is 5.75 Å². The number of carboxylic acid groups (broad SMARTS) is 1. The molecule has 1 aromatic rings. The number of aromatic hydroxyl groups is 1. The Bertz CT molecular complexity index is 460. The lowest BCUT2D eigenvalue weighted by atomic mass is 10.1. The Morgan fingerprint density at radius 1 is 0.957 bits per heavy atom. The molecule has 0 spiro atoms. The summed E-state index contributed by atoms with van der Waals surface area (Å²) in [5.74, 6) is -0.245. The molecule has 0 aliphatic heterocycles. The second-order valence-corrected chi connectivity index (χ2v) is 7.18. The van der Waals surface area contributed by atoms with E-state index >= 15 is 0 Å². The minimum absolute atomic E-state index is 0.0157. The zero-order chi connectivity index (χ0) is 16.9. The third kappa shape index (κ3) is 8.89. The molecule has 130 valence electrons. The Hall–Kier alpha value is -1.16. The molecular weight excluding hydrogens is 308 g/mol. The van der Waals surface area contributed by atoms with Crippen LogP contribution in [0.5, 0.6) is 5.75 Å². The molecule has 0 aliphatic carbocycles. The molecule has 0 fully saturated rings. The largest absolute Gasteiger partial charge is 0.507 e. The fourth-order valence-corrected chi connectivity index (χ4v) is 3.51. The normalized spacial score (nSPS) is 10.8. The predicted molar refractivity (Wildman–Crippen MR) is 97.6 cm³/mol. The molecule has 0 aliphatic rings. The lowest BCUT2D eigenvalue weighted by molar-refractivity contribution is 0.0693. The van der Waals surface area contributed by atoms with Gasteiger partial charge >= 0.3 is 5.97 Å². The van der Waals surface area contributed by atoms with E-state index in [0.717, 1.165) is 17.1 Å². The molecule has 2 N–H and O–H groups in total. The maximum atomic E-state index is 11.0. The maximum absolute atomic E-state index is 11.0. The van der Waals surface area contributed by atoms with Gasteiger partial charge in [-0.05, 0) is 30.4 Å². The van der Waals surface area contributed by atoms with Crippen molar-refractivity contribution in [2.24, 2.45) is 0 Å². The SMILES string of the molecule is CCCCCCCCCCCCSc1ccc(O)c(C(=O)O)c1. The minimum Gasteiger partial charge on any atom is -0.507 e. The molecule has 3 nitrogen and oxygen atoms in total. The second kappa shape index (κ2) is 12.3. The Kier molecular flexibility index (Phi) is 10.6. The zero-order valence-corrected chi connectivity index (χ0v) is 15.0. The summed E-state index contributed by atoms with van der Waals surface area (Å²) < 4.78 is 0. The van der Waals surface area contributed by atoms with Crippen molar-refractivity contribution in [2.45, 2.75) is 76.0 Å². The Morgan fingerprint density at radius 2 is 1.52 bits per heavy atom. The number of benzene rings is 1. The third-order valence-electron chi connectivity index (χ3n) is 3.97. The van der Waals surface area contributed by atoms with E-state index in [2.05, 4.69) is 6.92 Å². The number of carboxylic acids is 1. The number of phenols is 1. The first kappa shape index (κ1) is 19.9. The summed E-state index contributed by atoms with van der Waals surface area (Å²) in [6.07, 6.45) is 13.2. The molecule has 0 unspecified atom stereocenters. The van der Waals surface area contributed by atoms with Crippen LogP contribution in [0, 0.1) is 0 Å². The summed E-state index contributed by atoms with van der Waals surface area (Å²) >= 11 is 1.66. The van der Waals surface area contributed by atoms with E-state index in [4.69, 9.17) is 5.11 Å². The van der Waals surface area contributed by atoms with Crippen LogP contribution in [0.3, 0.4) is 0 Å². The number of unbranched alkanes of at least 4 members (excludes halogenated alkanes) is 9. The Morgan fingerprint density at radius 3 is 2.09 bits per heavy atom. The van der Waals surface area contributed by atoms with E-state index in [9.17, 15) is 9.90 Å². The summed E-state index contributed by atoms with van der Waals surface area (Å²) in [5.41, 5.74) is -0.0157. The molecule has 0 saturated carbocycles. The van der Waals surface area contributed by atoms with E-state index in [-0.39, 0.29) is 11.3 Å². The van der Waals surface area contributed by atoms with Gasteiger partial charge in [0.2, 0.25) is 0 Å². The van der Waals surface area contributed by atoms with Crippen LogP contribution >= 0.6 is 11.8 Å². The molecule has 1 aromatic carbocycles. The van der Waals surface area contributed by atoms with Gasteiger partial charge in [0, 0.05) is 4.90 Å². The maximum Gasteiger partial charge on any atom is 0.339 e. The van der Waals surface area contributed by atoms with Crippen LogP contribution in [0.1, 0.15) is 81.5 Å². The fraction of sp³-hybridized carbons (Fsp3) is 0.632. The van der Waals surface area contributed by atoms with Gasteiger partial charge in [-0.1, -0.05) is 64.7 Å². The lowest BCUT2D eigenvalue weighted by Crippen LogP contribution is -1.96. The van der Waals surface area contributed by atoms with Crippen LogP contribution in [-0.2, 0) is 0 Å². The van der Waals surface area contributed by atoms with Gasteiger partial charge in [0.05, 0.1) is 0 Å². The Labute approximate surface area is 144 Å². The highest BCUT2D eigenvalue weighted by Gasteiger charge is 2.10. The van der Waals surface area contributed by atoms with Gasteiger partial charge in [0.15, 0.2) is 0 Å². The second-order valence-electron chi connectivity index (χ2n) is 6.01. The number of hydrogen-bond acceptors (Lipinski definition) is 3. The highest BCUT2D eigenvalue weighted by Crippen LogP contribution is 2.26. The predicted octanol–water partition coefficient (Wildman–Crippen LogP) is 6.10. The first-order valence-corrected chi connectivity index (χ1v) is 9.82. The first-order chi connectivity index (χ1) is 11.1. The number of carbonyl (C=O) groups is 1. The number of hydrogen-bond donors (Lipinski definition) is 2. The average molecular weight is 339 g/mol. The molecular formula is C19H30O3S. The average Bonchev–Trinajstić information content (AvgIpc) is 2.53. The van der Waals surface area contributed by atoms with Crippen LogP contribution in [0.2, 0.25) is 0 Å². The molecule has 0 amide bonds. The highest BCUT2D eigenvalue weighted by atomic mass is 32.2. The standard InChI is InChI=1S/C19H30O3S/c1-2-3-4-5-6-7-8-9-10-11-14-23-16-12-13-18(20)17(15-16)19(21)22/h12-13,15,20H,2-11,14H2,1H3,(H,21,22). The molecule has 0 heterocycles. The van der Waals surface area contributed by atoms with E-state index in [1.807, 2.05) is 0 Å². The third-order valence-corrected chi connectivity index (χ3v) is 5.05. The number of aromatic carboxylic acids is 1. The van der Waals surface area contributed by atoms with Gasteiger partial charge < -0.3 is 10.2 Å². The molecule has 0 saturated heterocycles. The highest BCUT2D eigenvalue weighted by molar-refractivity contribution is 7.99. The summed E-state index contributed by atoms with van der Waals surface area (Å²) in [4.78, 5) is 11.9. The summed E-state index contributed by atoms with van der Waals surface area (Å²) in [6, 6.07) is 4.80. The van der Waals surface area contributed by atoms with E-state index < -0.39 is 5.97 Å². The number of thioether (sulfide) groups is 1. The topological polar surface area (TPSA) is 57.5 Å². The lowest BCUT2D eigenvalue weighted by Gasteiger charge is -2.05. The van der Waals surface area contributed by atoms with E-state index in [1.54, 1.807) is 23.9 Å². The fourth-order valence-electron chi connectivity index (χ4n) is 2.56. The minimum atomic E-state index is -1.08. The van der Waals surface area contributed by atoms with Crippen molar-refractivity contribution in [3.8, 4) is 5.75 Å². The van der Waals surface area contributed by atoms with Crippen molar-refractivity contribution in [1.29, 1.82) is 0 Å². The van der Waals surface area contributed by atoms with Crippen molar-refractivity contribution in [1.82, 2.24) is 0 Å². The number of rotatable bonds is 13. The molecule has 23 heavy (non-hydrogen) atoms. The molecule has 0 radical (unpaired) electrons. The summed E-state index contributed by atoms with van der Waals surface area (Å²) in [5, 5.41) is 18.5. The van der Waals surface area contributed by atoms with Crippen molar-refractivity contribution < 1.29 is 15.0 Å². The van der Waals surface area contributed by atoms with Crippen LogP contribution in [0.25, 0.3) is 0 Å². The van der Waals surface area contributed by atoms with Crippen LogP contribution in [0.15, 0.2) is 23.1 Å². The zero-order valence-electron chi connectivity index (χ0n) is 14.2. The molecule has 1 rings (SSSR count). The molecule has 0 atom stereocenters. The van der Waals surface area contributed by atoms with E-state index in [1.165, 1.54) is 63.9 Å². The van der Waals surface area contributed by atoms with Gasteiger partial charge in [0.1, 0.15) is 11.3 Å². The monoisotopic (exact) mass is 338 g/mol. The Balaban J connectivity index is 2.05. The summed E-state index contributed by atoms with van der Waals surface area (Å²) in [7, 11) is 0.